The van der Waals surface area contributed by atoms with Gasteiger partial charge in [0, 0.05) is 0 Å². The lowest BCUT2D eigenvalue weighted by Gasteiger charge is -2.14. The average Bonchev–Trinajstić information content (AvgIpc) is 2.60. The number of esters is 2. The molecule has 1 N–H and O–H groups in total. The molecule has 0 aliphatic rings. The van der Waals surface area contributed by atoms with E-state index in [1.165, 1.54) is 13.8 Å². The number of ether oxygens (including phenoxy) is 2. The highest BCUT2D eigenvalue weighted by Gasteiger charge is 2.41. The fourth-order valence-corrected chi connectivity index (χ4v) is 2.04. The predicted octanol–water partition coefficient (Wildman–Crippen LogP) is 3.52. The van der Waals surface area contributed by atoms with Gasteiger partial charge in [-0.3, -0.25) is 9.79 Å². The molecule has 0 radical (unpaired) electrons. The fraction of sp³-hybridized carbons (Fsp3) is 0.389. The zero-order valence-electron chi connectivity index (χ0n) is 14.9. The summed E-state index contributed by atoms with van der Waals surface area (Å²) in [5.74, 6) is -4.48. The summed E-state index contributed by atoms with van der Waals surface area (Å²) >= 11 is 0. The van der Waals surface area contributed by atoms with Crippen LogP contribution in [0.25, 0.3) is 0 Å². The van der Waals surface area contributed by atoms with Crippen LogP contribution in [0.2, 0.25) is 0 Å². The van der Waals surface area contributed by atoms with Gasteiger partial charge in [0.15, 0.2) is 0 Å². The van der Waals surface area contributed by atoms with E-state index in [4.69, 9.17) is 4.74 Å². The molecule has 0 aliphatic heterocycles. The van der Waals surface area contributed by atoms with Crippen LogP contribution in [0.4, 0.5) is 13.2 Å². The minimum atomic E-state index is -5.22. The maximum absolute atomic E-state index is 13.0. The number of hydrogen-bond acceptors (Lipinski definition) is 6. The van der Waals surface area contributed by atoms with Crippen molar-refractivity contribution >= 4 is 17.7 Å². The maximum Gasteiger partial charge on any atom is 0.449 e. The summed E-state index contributed by atoms with van der Waals surface area (Å²) in [7, 11) is 0. The molecule has 0 aliphatic carbocycles. The Labute approximate surface area is 154 Å². The van der Waals surface area contributed by atoms with Crippen molar-refractivity contribution in [3.05, 3.63) is 47.2 Å². The molecule has 0 aromatic heterocycles. The van der Waals surface area contributed by atoms with Gasteiger partial charge in [-0.2, -0.15) is 13.2 Å². The predicted molar refractivity (Wildman–Crippen MR) is 91.2 cm³/mol. The molecule has 0 amide bonds. The number of aliphatic imine (C=N–C) groups is 1. The number of benzene rings is 1. The summed E-state index contributed by atoms with van der Waals surface area (Å²) in [6, 6.07) is 8.48. The number of allylic oxidation sites excluding steroid dienone is 1. The Morgan fingerprint density at radius 3 is 2.19 bits per heavy atom. The summed E-state index contributed by atoms with van der Waals surface area (Å²) in [5, 5.41) is 9.57. The third-order valence-corrected chi connectivity index (χ3v) is 3.19. The molecule has 0 fully saturated rings. The van der Waals surface area contributed by atoms with E-state index < -0.39 is 41.6 Å². The molecule has 0 saturated heterocycles. The molecule has 0 unspecified atom stereocenters. The standard InChI is InChI=1S/C18H20F3NO5/c1-3-26-14(23)10-13(22-11-12-8-6-5-7-9-12)15(17(25)27-4-2)16(24)18(19,20)21/h5-9,24H,3-4,10-11H2,1-2H3/b16-15+,22-13?. The number of carbonyl (C=O) groups is 2. The van der Waals surface area contributed by atoms with Gasteiger partial charge in [0.2, 0.25) is 5.76 Å². The first-order valence-electron chi connectivity index (χ1n) is 8.11. The zero-order valence-corrected chi connectivity index (χ0v) is 14.9. The minimum absolute atomic E-state index is 0.00545. The van der Waals surface area contributed by atoms with Crippen LogP contribution in [-0.4, -0.2) is 42.1 Å². The molecular formula is C18H20F3NO5. The first-order chi connectivity index (χ1) is 12.7. The number of aliphatic hydroxyl groups is 1. The number of aliphatic hydroxyl groups excluding tert-OH is 1. The topological polar surface area (TPSA) is 85.2 Å². The molecule has 0 saturated carbocycles. The van der Waals surface area contributed by atoms with E-state index >= 15 is 0 Å². The van der Waals surface area contributed by atoms with Gasteiger partial charge in [-0.1, -0.05) is 30.3 Å². The molecule has 1 aromatic rings. The van der Waals surface area contributed by atoms with Gasteiger partial charge in [0.25, 0.3) is 0 Å². The van der Waals surface area contributed by atoms with Crippen LogP contribution in [0.5, 0.6) is 0 Å². The third-order valence-electron chi connectivity index (χ3n) is 3.19. The molecule has 0 spiro atoms. The Kier molecular flexibility index (Phi) is 8.50. The normalized spacial score (nSPS) is 13.0. The third kappa shape index (κ3) is 7.12. The van der Waals surface area contributed by atoms with Gasteiger partial charge in [0.1, 0.15) is 5.57 Å². The molecule has 0 atom stereocenters. The minimum Gasteiger partial charge on any atom is -0.504 e. The van der Waals surface area contributed by atoms with Crippen molar-refractivity contribution in [1.29, 1.82) is 0 Å². The number of nitrogens with zero attached hydrogens (tertiary/aromatic N) is 1. The molecule has 0 heterocycles. The number of halogens is 3. The highest BCUT2D eigenvalue weighted by Crippen LogP contribution is 2.28. The number of alkyl halides is 3. The van der Waals surface area contributed by atoms with E-state index in [0.29, 0.717) is 5.56 Å². The van der Waals surface area contributed by atoms with Gasteiger partial charge >= 0.3 is 18.1 Å². The van der Waals surface area contributed by atoms with E-state index in [1.54, 1.807) is 30.3 Å². The molecule has 9 heteroatoms. The second-order valence-electron chi connectivity index (χ2n) is 5.17. The van der Waals surface area contributed by atoms with Crippen LogP contribution in [0.3, 0.4) is 0 Å². The van der Waals surface area contributed by atoms with Crippen molar-refractivity contribution in [1.82, 2.24) is 0 Å². The summed E-state index contributed by atoms with van der Waals surface area (Å²) in [6.45, 7) is 2.58. The number of rotatable bonds is 8. The largest absolute Gasteiger partial charge is 0.504 e. The van der Waals surface area contributed by atoms with Gasteiger partial charge in [-0.05, 0) is 19.4 Å². The average molecular weight is 387 g/mol. The summed E-state index contributed by atoms with van der Waals surface area (Å²) in [4.78, 5) is 27.8. The maximum atomic E-state index is 13.0. The lowest BCUT2D eigenvalue weighted by atomic mass is 10.1. The van der Waals surface area contributed by atoms with E-state index in [1.807, 2.05) is 0 Å². The van der Waals surface area contributed by atoms with Crippen LogP contribution in [0.15, 0.2) is 46.7 Å². The van der Waals surface area contributed by atoms with Crippen LogP contribution < -0.4 is 0 Å². The van der Waals surface area contributed by atoms with Crippen molar-refractivity contribution < 1.29 is 37.3 Å². The molecule has 6 nitrogen and oxygen atoms in total. The lowest BCUT2D eigenvalue weighted by molar-refractivity contribution is -0.142. The number of carbonyl (C=O) groups excluding carboxylic acids is 2. The Morgan fingerprint density at radius 1 is 1.07 bits per heavy atom. The second-order valence-corrected chi connectivity index (χ2v) is 5.17. The van der Waals surface area contributed by atoms with Crippen LogP contribution in [0, 0.1) is 0 Å². The smallest absolute Gasteiger partial charge is 0.449 e. The van der Waals surface area contributed by atoms with Gasteiger partial charge in [0.05, 0.1) is 31.9 Å². The van der Waals surface area contributed by atoms with Crippen LogP contribution in [-0.2, 0) is 25.6 Å². The van der Waals surface area contributed by atoms with Crippen molar-refractivity contribution in [2.45, 2.75) is 33.0 Å². The molecule has 148 valence electrons. The molecular weight excluding hydrogens is 367 g/mol. The van der Waals surface area contributed by atoms with Gasteiger partial charge in [-0.15, -0.1) is 0 Å². The Bertz CT molecular complexity index is 711. The SMILES string of the molecule is CCOC(=O)CC(=NCc1ccccc1)/C(C(=O)OCC)=C(\O)C(F)(F)F. The first kappa shape index (κ1) is 22.2. The van der Waals surface area contributed by atoms with Crippen molar-refractivity contribution in [2.75, 3.05) is 13.2 Å². The Hall–Kier alpha value is -2.84. The van der Waals surface area contributed by atoms with Crippen molar-refractivity contribution in [3.63, 3.8) is 0 Å². The van der Waals surface area contributed by atoms with E-state index in [9.17, 15) is 27.9 Å². The zero-order chi connectivity index (χ0) is 20.4. The molecule has 1 aromatic carbocycles. The summed E-state index contributed by atoms with van der Waals surface area (Å²) in [5.41, 5.74) is -1.13. The quantitative estimate of drug-likeness (QED) is 0.319. The van der Waals surface area contributed by atoms with E-state index in [2.05, 4.69) is 9.73 Å². The van der Waals surface area contributed by atoms with Crippen molar-refractivity contribution in [3.8, 4) is 0 Å². The van der Waals surface area contributed by atoms with Crippen LogP contribution in [0.1, 0.15) is 25.8 Å². The highest BCUT2D eigenvalue weighted by atomic mass is 19.4. The van der Waals surface area contributed by atoms with Gasteiger partial charge < -0.3 is 14.6 Å². The summed E-state index contributed by atoms with van der Waals surface area (Å²) in [6.07, 6.45) is -5.95. The summed E-state index contributed by atoms with van der Waals surface area (Å²) < 4.78 is 48.4. The molecule has 0 bridgehead atoms. The van der Waals surface area contributed by atoms with E-state index in [0.717, 1.165) is 0 Å². The highest BCUT2D eigenvalue weighted by molar-refractivity contribution is 6.24. The Morgan fingerprint density at radius 2 is 1.67 bits per heavy atom. The van der Waals surface area contributed by atoms with Gasteiger partial charge in [-0.25, -0.2) is 4.79 Å². The number of hydrogen-bond donors (Lipinski definition) is 1. The molecule has 1 rings (SSSR count). The van der Waals surface area contributed by atoms with E-state index in [-0.39, 0.29) is 19.8 Å². The van der Waals surface area contributed by atoms with Crippen LogP contribution >= 0.6 is 0 Å². The Balaban J connectivity index is 3.40. The fourth-order valence-electron chi connectivity index (χ4n) is 2.04. The monoisotopic (exact) mass is 387 g/mol. The lowest BCUT2D eigenvalue weighted by Crippen LogP contribution is -2.26. The van der Waals surface area contributed by atoms with Crippen molar-refractivity contribution in [2.24, 2.45) is 4.99 Å². The second kappa shape index (κ2) is 10.3. The first-order valence-corrected chi connectivity index (χ1v) is 8.11. The molecule has 27 heavy (non-hydrogen) atoms.